The Bertz CT molecular complexity index is 879. The van der Waals surface area contributed by atoms with E-state index in [-0.39, 0.29) is 5.78 Å². The van der Waals surface area contributed by atoms with Crippen molar-refractivity contribution in [2.24, 2.45) is 0 Å². The van der Waals surface area contributed by atoms with Crippen molar-refractivity contribution in [3.63, 3.8) is 0 Å². The molecule has 1 atom stereocenters. The van der Waals surface area contributed by atoms with Gasteiger partial charge in [-0.2, -0.15) is 0 Å². The Labute approximate surface area is 146 Å². The van der Waals surface area contributed by atoms with E-state index in [2.05, 4.69) is 0 Å². The summed E-state index contributed by atoms with van der Waals surface area (Å²) in [5.74, 6) is 0.402. The fourth-order valence-corrected chi connectivity index (χ4v) is 2.65. The van der Waals surface area contributed by atoms with Crippen molar-refractivity contribution in [2.75, 3.05) is 0 Å². The SMILES string of the molecule is CC(=O)c1cc(C(OC(=O)c2ccccc2)c2ccccc2)oc1C. The van der Waals surface area contributed by atoms with Crippen LogP contribution in [0.1, 0.15) is 50.8 Å². The molecule has 0 aliphatic heterocycles. The molecule has 25 heavy (non-hydrogen) atoms. The van der Waals surface area contributed by atoms with Crippen molar-refractivity contribution in [1.82, 2.24) is 0 Å². The lowest BCUT2D eigenvalue weighted by atomic mass is 10.1. The molecule has 0 aliphatic rings. The fraction of sp³-hybridized carbons (Fsp3) is 0.143. The maximum absolute atomic E-state index is 12.5. The van der Waals surface area contributed by atoms with Crippen LogP contribution in [0.15, 0.2) is 71.1 Å². The quantitative estimate of drug-likeness (QED) is 0.500. The van der Waals surface area contributed by atoms with Crippen LogP contribution in [0.5, 0.6) is 0 Å². The maximum Gasteiger partial charge on any atom is 0.339 e. The number of Topliss-reactive ketones (excluding diaryl/α,β-unsaturated/α-hetero) is 1. The summed E-state index contributed by atoms with van der Waals surface area (Å²) in [6.45, 7) is 3.20. The molecule has 0 saturated carbocycles. The van der Waals surface area contributed by atoms with Crippen molar-refractivity contribution in [1.29, 1.82) is 0 Å². The number of benzene rings is 2. The smallest absolute Gasteiger partial charge is 0.339 e. The molecular formula is C21H18O4. The molecule has 0 fully saturated rings. The van der Waals surface area contributed by atoms with Crippen molar-refractivity contribution >= 4 is 11.8 Å². The summed E-state index contributed by atoms with van der Waals surface area (Å²) in [5, 5.41) is 0. The predicted molar refractivity (Wildman–Crippen MR) is 93.6 cm³/mol. The van der Waals surface area contributed by atoms with Crippen LogP contribution in [0.25, 0.3) is 0 Å². The van der Waals surface area contributed by atoms with Gasteiger partial charge in [-0.1, -0.05) is 48.5 Å². The van der Waals surface area contributed by atoms with Gasteiger partial charge in [0.15, 0.2) is 11.9 Å². The maximum atomic E-state index is 12.5. The third-order valence-corrected chi connectivity index (χ3v) is 3.91. The molecular weight excluding hydrogens is 316 g/mol. The van der Waals surface area contributed by atoms with Crippen LogP contribution in [0.3, 0.4) is 0 Å². The second-order valence-corrected chi connectivity index (χ2v) is 5.74. The molecule has 3 rings (SSSR count). The van der Waals surface area contributed by atoms with E-state index in [0.29, 0.717) is 22.6 Å². The van der Waals surface area contributed by atoms with Crippen LogP contribution in [0.2, 0.25) is 0 Å². The van der Waals surface area contributed by atoms with E-state index >= 15 is 0 Å². The van der Waals surface area contributed by atoms with E-state index in [4.69, 9.17) is 9.15 Å². The van der Waals surface area contributed by atoms with Crippen molar-refractivity contribution in [3.05, 3.63) is 94.9 Å². The predicted octanol–water partition coefficient (Wildman–Crippen LogP) is 4.74. The van der Waals surface area contributed by atoms with Crippen molar-refractivity contribution < 1.29 is 18.7 Å². The number of aryl methyl sites for hydroxylation is 1. The first-order valence-electron chi connectivity index (χ1n) is 7.98. The normalized spacial score (nSPS) is 11.8. The monoisotopic (exact) mass is 334 g/mol. The van der Waals surface area contributed by atoms with Gasteiger partial charge in [0, 0.05) is 5.56 Å². The number of ether oxygens (including phenoxy) is 1. The summed E-state index contributed by atoms with van der Waals surface area (Å²) >= 11 is 0. The van der Waals surface area contributed by atoms with Gasteiger partial charge in [0.25, 0.3) is 0 Å². The lowest BCUT2D eigenvalue weighted by Gasteiger charge is -2.16. The summed E-state index contributed by atoms with van der Waals surface area (Å²) in [4.78, 5) is 24.2. The van der Waals surface area contributed by atoms with Gasteiger partial charge in [0.2, 0.25) is 0 Å². The fourth-order valence-electron chi connectivity index (χ4n) is 2.65. The molecule has 4 heteroatoms. The highest BCUT2D eigenvalue weighted by molar-refractivity contribution is 5.95. The van der Waals surface area contributed by atoms with Crippen LogP contribution in [-0.4, -0.2) is 11.8 Å². The lowest BCUT2D eigenvalue weighted by molar-refractivity contribution is 0.0336. The Kier molecular flexibility index (Phi) is 4.80. The molecule has 2 aromatic carbocycles. The Morgan fingerprint density at radius 3 is 2.12 bits per heavy atom. The average molecular weight is 334 g/mol. The Hall–Kier alpha value is -3.14. The largest absolute Gasteiger partial charge is 0.461 e. The standard InChI is InChI=1S/C21H18O4/c1-14(22)18-13-19(24-15(18)2)20(16-9-5-3-6-10-16)25-21(23)17-11-7-4-8-12-17/h3-13,20H,1-2H3. The molecule has 0 bridgehead atoms. The summed E-state index contributed by atoms with van der Waals surface area (Å²) in [6, 6.07) is 19.7. The molecule has 1 aromatic heterocycles. The molecule has 0 aliphatic carbocycles. The first-order valence-corrected chi connectivity index (χ1v) is 7.98. The zero-order valence-corrected chi connectivity index (χ0v) is 14.1. The van der Waals surface area contributed by atoms with Gasteiger partial charge >= 0.3 is 5.97 Å². The van der Waals surface area contributed by atoms with Gasteiger partial charge in [0.05, 0.1) is 11.1 Å². The highest BCUT2D eigenvalue weighted by atomic mass is 16.6. The summed E-state index contributed by atoms with van der Waals surface area (Å²) in [5.41, 5.74) is 1.72. The third kappa shape index (κ3) is 3.69. The van der Waals surface area contributed by atoms with E-state index in [1.807, 2.05) is 36.4 Å². The van der Waals surface area contributed by atoms with Crippen LogP contribution in [0.4, 0.5) is 0 Å². The number of hydrogen-bond donors (Lipinski definition) is 0. The van der Waals surface area contributed by atoms with Crippen molar-refractivity contribution in [3.8, 4) is 0 Å². The number of rotatable bonds is 5. The van der Waals surface area contributed by atoms with E-state index in [1.165, 1.54) is 6.92 Å². The van der Waals surface area contributed by atoms with E-state index in [0.717, 1.165) is 5.56 Å². The number of hydrogen-bond acceptors (Lipinski definition) is 4. The van der Waals surface area contributed by atoms with E-state index in [9.17, 15) is 9.59 Å². The molecule has 3 aromatic rings. The van der Waals surface area contributed by atoms with Crippen LogP contribution >= 0.6 is 0 Å². The summed E-state index contributed by atoms with van der Waals surface area (Å²) in [7, 11) is 0. The molecule has 0 radical (unpaired) electrons. The molecule has 0 N–H and O–H groups in total. The first kappa shape index (κ1) is 16.7. The van der Waals surface area contributed by atoms with Crippen LogP contribution in [-0.2, 0) is 4.74 Å². The molecule has 1 unspecified atom stereocenters. The molecule has 126 valence electrons. The minimum atomic E-state index is -0.722. The number of esters is 1. The number of carbonyl (C=O) groups is 2. The van der Waals surface area contributed by atoms with Gasteiger partial charge in [0.1, 0.15) is 11.5 Å². The van der Waals surface area contributed by atoms with Gasteiger partial charge in [-0.15, -0.1) is 0 Å². The Morgan fingerprint density at radius 1 is 0.960 bits per heavy atom. The highest BCUT2D eigenvalue weighted by Gasteiger charge is 2.25. The molecule has 0 saturated heterocycles. The number of carbonyl (C=O) groups excluding carboxylic acids is 2. The topological polar surface area (TPSA) is 56.5 Å². The summed E-state index contributed by atoms with van der Waals surface area (Å²) in [6.07, 6.45) is -0.722. The van der Waals surface area contributed by atoms with E-state index < -0.39 is 12.1 Å². The third-order valence-electron chi connectivity index (χ3n) is 3.91. The van der Waals surface area contributed by atoms with Gasteiger partial charge in [-0.3, -0.25) is 4.79 Å². The zero-order valence-electron chi connectivity index (χ0n) is 14.1. The summed E-state index contributed by atoms with van der Waals surface area (Å²) < 4.78 is 11.4. The minimum Gasteiger partial charge on any atom is -0.461 e. The second-order valence-electron chi connectivity index (χ2n) is 5.74. The molecule has 0 spiro atoms. The minimum absolute atomic E-state index is 0.0892. The van der Waals surface area contributed by atoms with Gasteiger partial charge < -0.3 is 9.15 Å². The number of furan rings is 1. The lowest BCUT2D eigenvalue weighted by Crippen LogP contribution is -2.12. The van der Waals surface area contributed by atoms with Gasteiger partial charge in [-0.05, 0) is 32.0 Å². The van der Waals surface area contributed by atoms with Gasteiger partial charge in [-0.25, -0.2) is 4.79 Å². The Balaban J connectivity index is 1.98. The molecule has 0 amide bonds. The van der Waals surface area contributed by atoms with Crippen LogP contribution < -0.4 is 0 Å². The zero-order chi connectivity index (χ0) is 17.8. The van der Waals surface area contributed by atoms with Crippen LogP contribution in [0, 0.1) is 6.92 Å². The second kappa shape index (κ2) is 7.18. The van der Waals surface area contributed by atoms with E-state index in [1.54, 1.807) is 37.3 Å². The molecule has 1 heterocycles. The van der Waals surface area contributed by atoms with Crippen molar-refractivity contribution in [2.45, 2.75) is 20.0 Å². The average Bonchev–Trinajstić information content (AvgIpc) is 3.02. The number of ketones is 1. The molecule has 4 nitrogen and oxygen atoms in total. The Morgan fingerprint density at radius 2 is 1.56 bits per heavy atom. The highest BCUT2D eigenvalue weighted by Crippen LogP contribution is 2.30. The first-order chi connectivity index (χ1) is 12.1.